The minimum atomic E-state index is -3.52. The largest absolute Gasteiger partial charge is 0.316 e. The van der Waals surface area contributed by atoms with E-state index >= 15 is 0 Å². The van der Waals surface area contributed by atoms with Gasteiger partial charge in [-0.3, -0.25) is 4.68 Å². The number of aryl methyl sites for hydroxylation is 1. The summed E-state index contributed by atoms with van der Waals surface area (Å²) < 4.78 is 27.9. The van der Waals surface area contributed by atoms with Crippen LogP contribution in [0.25, 0.3) is 0 Å². The number of nitrogens with zero attached hydrogens (tertiary/aromatic N) is 3. The van der Waals surface area contributed by atoms with Crippen LogP contribution in [-0.2, 0) is 17.1 Å². The maximum absolute atomic E-state index is 12.5. The van der Waals surface area contributed by atoms with Crippen LogP contribution in [0.15, 0.2) is 11.2 Å². The Morgan fingerprint density at radius 1 is 1.37 bits per heavy atom. The van der Waals surface area contributed by atoms with Gasteiger partial charge in [-0.1, -0.05) is 11.6 Å². The summed E-state index contributed by atoms with van der Waals surface area (Å²) in [4.78, 5) is 0. The van der Waals surface area contributed by atoms with E-state index in [0.29, 0.717) is 24.9 Å². The quantitative estimate of drug-likeness (QED) is 0.850. The van der Waals surface area contributed by atoms with Crippen molar-refractivity contribution >= 4 is 34.0 Å². The SMILES string of the molecule is Cl.Cn1ncc(Cl)c1S(=O)(=O)N1C[C@H]2CNC[C@H]2C1. The Labute approximate surface area is 123 Å². The van der Waals surface area contributed by atoms with Crippen LogP contribution >= 0.6 is 24.0 Å². The third-order valence-corrected chi connectivity index (χ3v) is 6.12. The first-order chi connectivity index (χ1) is 8.50. The molecule has 9 heteroatoms. The lowest BCUT2D eigenvalue weighted by atomic mass is 10.0. The van der Waals surface area contributed by atoms with Crippen LogP contribution < -0.4 is 5.32 Å². The topological polar surface area (TPSA) is 67.2 Å². The Kier molecular flexibility index (Phi) is 4.13. The first kappa shape index (κ1) is 15.1. The highest BCUT2D eigenvalue weighted by molar-refractivity contribution is 7.89. The van der Waals surface area contributed by atoms with Crippen LogP contribution in [0.2, 0.25) is 5.02 Å². The minimum absolute atomic E-state index is 0. The third kappa shape index (κ3) is 2.38. The van der Waals surface area contributed by atoms with Crippen LogP contribution in [0, 0.1) is 11.8 Å². The molecule has 2 aliphatic rings. The highest BCUT2D eigenvalue weighted by atomic mass is 35.5. The van der Waals surface area contributed by atoms with Crippen molar-refractivity contribution in [1.29, 1.82) is 0 Å². The summed E-state index contributed by atoms with van der Waals surface area (Å²) >= 11 is 5.93. The molecule has 0 radical (unpaired) electrons. The highest BCUT2D eigenvalue weighted by Gasteiger charge is 2.42. The molecular formula is C10H16Cl2N4O2S. The van der Waals surface area contributed by atoms with Gasteiger partial charge < -0.3 is 5.32 Å². The molecule has 2 fully saturated rings. The van der Waals surface area contributed by atoms with E-state index in [0.717, 1.165) is 13.1 Å². The van der Waals surface area contributed by atoms with Crippen molar-refractivity contribution in [3.05, 3.63) is 11.2 Å². The molecule has 1 aromatic rings. The number of nitrogens with one attached hydrogen (secondary N) is 1. The number of rotatable bonds is 2. The van der Waals surface area contributed by atoms with Gasteiger partial charge in [0.15, 0.2) is 5.03 Å². The molecule has 6 nitrogen and oxygen atoms in total. The fourth-order valence-electron chi connectivity index (χ4n) is 2.82. The van der Waals surface area contributed by atoms with E-state index in [9.17, 15) is 8.42 Å². The van der Waals surface area contributed by atoms with Crippen molar-refractivity contribution in [2.24, 2.45) is 18.9 Å². The molecule has 2 atom stereocenters. The second kappa shape index (κ2) is 5.21. The zero-order valence-corrected chi connectivity index (χ0v) is 12.8. The zero-order chi connectivity index (χ0) is 12.9. The third-order valence-electron chi connectivity index (χ3n) is 3.78. The second-order valence-electron chi connectivity index (χ2n) is 4.92. The van der Waals surface area contributed by atoms with Crippen LogP contribution in [0.1, 0.15) is 0 Å². The standard InChI is InChI=1S/C10H15ClN4O2S.ClH/c1-14-10(9(11)4-13-14)18(16,17)15-5-7-2-12-3-8(7)6-15;/h4,7-8,12H,2-3,5-6H2,1H3;1H/t7-,8+;. The summed E-state index contributed by atoms with van der Waals surface area (Å²) in [7, 11) is -1.93. The van der Waals surface area contributed by atoms with Crippen LogP contribution in [-0.4, -0.2) is 48.7 Å². The Bertz CT molecular complexity index is 543. The summed E-state index contributed by atoms with van der Waals surface area (Å²) in [5.41, 5.74) is 0. The van der Waals surface area contributed by atoms with Gasteiger partial charge in [-0.25, -0.2) is 8.42 Å². The normalized spacial score (nSPS) is 27.3. The molecule has 0 saturated carbocycles. The number of aromatic nitrogens is 2. The molecular weight excluding hydrogens is 311 g/mol. The van der Waals surface area contributed by atoms with Crippen LogP contribution in [0.3, 0.4) is 0 Å². The van der Waals surface area contributed by atoms with E-state index < -0.39 is 10.0 Å². The molecule has 19 heavy (non-hydrogen) atoms. The first-order valence-corrected chi connectivity index (χ1v) is 7.70. The number of fused-ring (bicyclic) bond motifs is 1. The number of sulfonamides is 1. The van der Waals surface area contributed by atoms with Gasteiger partial charge in [0, 0.05) is 20.1 Å². The average molecular weight is 327 g/mol. The molecule has 1 N–H and O–H groups in total. The lowest BCUT2D eigenvalue weighted by Gasteiger charge is -2.17. The van der Waals surface area contributed by atoms with Crippen molar-refractivity contribution < 1.29 is 8.42 Å². The molecule has 0 bridgehead atoms. The predicted molar refractivity (Wildman–Crippen MR) is 74.1 cm³/mol. The average Bonchev–Trinajstić information content (AvgIpc) is 2.91. The molecule has 0 aromatic carbocycles. The Morgan fingerprint density at radius 3 is 2.42 bits per heavy atom. The zero-order valence-electron chi connectivity index (χ0n) is 10.4. The smallest absolute Gasteiger partial charge is 0.261 e. The number of hydrogen-bond acceptors (Lipinski definition) is 4. The van der Waals surface area contributed by atoms with Gasteiger partial charge in [0.1, 0.15) is 0 Å². The molecule has 0 amide bonds. The Balaban J connectivity index is 0.00000133. The van der Waals surface area contributed by atoms with Crippen molar-refractivity contribution in [1.82, 2.24) is 19.4 Å². The highest BCUT2D eigenvalue weighted by Crippen LogP contribution is 2.32. The van der Waals surface area contributed by atoms with E-state index in [2.05, 4.69) is 10.4 Å². The summed E-state index contributed by atoms with van der Waals surface area (Å²) in [5.74, 6) is 0.846. The van der Waals surface area contributed by atoms with E-state index in [1.54, 1.807) is 7.05 Å². The summed E-state index contributed by atoms with van der Waals surface area (Å²) in [6, 6.07) is 0. The monoisotopic (exact) mass is 326 g/mol. The van der Waals surface area contributed by atoms with Crippen molar-refractivity contribution in [3.8, 4) is 0 Å². The van der Waals surface area contributed by atoms with E-state index in [1.807, 2.05) is 0 Å². The van der Waals surface area contributed by atoms with Crippen molar-refractivity contribution in [2.75, 3.05) is 26.2 Å². The van der Waals surface area contributed by atoms with Gasteiger partial charge in [0.2, 0.25) is 0 Å². The second-order valence-corrected chi connectivity index (χ2v) is 7.18. The van der Waals surface area contributed by atoms with Gasteiger partial charge >= 0.3 is 0 Å². The van der Waals surface area contributed by atoms with Crippen LogP contribution in [0.4, 0.5) is 0 Å². The maximum Gasteiger partial charge on any atom is 0.261 e. The molecule has 0 spiro atoms. The van der Waals surface area contributed by atoms with E-state index in [1.165, 1.54) is 15.2 Å². The minimum Gasteiger partial charge on any atom is -0.316 e. The van der Waals surface area contributed by atoms with Crippen LogP contribution in [0.5, 0.6) is 0 Å². The molecule has 2 aliphatic heterocycles. The lowest BCUT2D eigenvalue weighted by molar-refractivity contribution is 0.440. The summed E-state index contributed by atoms with van der Waals surface area (Å²) in [6.45, 7) is 2.94. The van der Waals surface area contributed by atoms with Gasteiger partial charge in [-0.2, -0.15) is 9.40 Å². The Hall–Kier alpha value is -0.340. The molecule has 0 unspecified atom stereocenters. The fraction of sp³-hybridized carbons (Fsp3) is 0.700. The number of halogens is 2. The fourth-order valence-corrected chi connectivity index (χ4v) is 4.98. The van der Waals surface area contributed by atoms with Crippen molar-refractivity contribution in [3.63, 3.8) is 0 Å². The summed E-state index contributed by atoms with van der Waals surface area (Å²) in [5, 5.41) is 7.46. The molecule has 0 aliphatic carbocycles. The maximum atomic E-state index is 12.5. The molecule has 108 valence electrons. The van der Waals surface area contributed by atoms with Crippen molar-refractivity contribution in [2.45, 2.75) is 5.03 Å². The van der Waals surface area contributed by atoms with E-state index in [4.69, 9.17) is 11.6 Å². The lowest BCUT2D eigenvalue weighted by Crippen LogP contribution is -2.33. The van der Waals surface area contributed by atoms with E-state index in [-0.39, 0.29) is 22.5 Å². The van der Waals surface area contributed by atoms with Gasteiger partial charge in [-0.15, -0.1) is 12.4 Å². The Morgan fingerprint density at radius 2 is 1.95 bits per heavy atom. The van der Waals surface area contributed by atoms with Gasteiger partial charge in [-0.05, 0) is 24.9 Å². The predicted octanol–water partition coefficient (Wildman–Crippen LogP) is 0.335. The molecule has 1 aromatic heterocycles. The summed E-state index contributed by atoms with van der Waals surface area (Å²) in [6.07, 6.45) is 1.37. The molecule has 3 heterocycles. The van der Waals surface area contributed by atoms with Gasteiger partial charge in [0.05, 0.1) is 11.2 Å². The molecule has 2 saturated heterocycles. The van der Waals surface area contributed by atoms with Gasteiger partial charge in [0.25, 0.3) is 10.0 Å². The first-order valence-electron chi connectivity index (χ1n) is 5.88. The number of hydrogen-bond donors (Lipinski definition) is 1. The molecule has 3 rings (SSSR count).